The van der Waals surface area contributed by atoms with Crippen LogP contribution < -0.4 is 26.5 Å². The van der Waals surface area contributed by atoms with E-state index in [0.717, 1.165) is 0 Å². The molecular formula is C6H11N5O3. The smallest absolute Gasteiger partial charge is 0.446 e. The van der Waals surface area contributed by atoms with Crippen molar-refractivity contribution in [3.8, 4) is 5.88 Å². The molecule has 14 heavy (non-hydrogen) atoms. The molecule has 0 saturated carbocycles. The van der Waals surface area contributed by atoms with Gasteiger partial charge in [-0.1, -0.05) is 0 Å². The first-order valence-electron chi connectivity index (χ1n) is 3.87. The van der Waals surface area contributed by atoms with Gasteiger partial charge in [-0.15, -0.1) is 0 Å². The van der Waals surface area contributed by atoms with Gasteiger partial charge in [-0.2, -0.15) is 0 Å². The van der Waals surface area contributed by atoms with Gasteiger partial charge in [0.25, 0.3) is 0 Å². The maximum atomic E-state index is 11.0. The summed E-state index contributed by atoms with van der Waals surface area (Å²) in [5, 5.41) is 33.8. The summed E-state index contributed by atoms with van der Waals surface area (Å²) in [5.74, 6) is -1.25. The summed E-state index contributed by atoms with van der Waals surface area (Å²) in [6, 6.07) is 0. The zero-order valence-electron chi connectivity index (χ0n) is 7.52. The number of nitrogens with two attached hydrogens (primary N) is 2. The summed E-state index contributed by atoms with van der Waals surface area (Å²) >= 11 is 0. The van der Waals surface area contributed by atoms with Gasteiger partial charge in [-0.05, 0) is 6.92 Å². The highest BCUT2D eigenvalue weighted by Crippen LogP contribution is 2.27. The lowest BCUT2D eigenvalue weighted by atomic mass is 10.3. The molecule has 1 aromatic rings. The Labute approximate surface area is 79.5 Å². The highest BCUT2D eigenvalue weighted by atomic mass is 16.6. The molecule has 1 rings (SSSR count). The maximum absolute atomic E-state index is 11.0. The van der Waals surface area contributed by atoms with Gasteiger partial charge in [0.05, 0.1) is 0 Å². The molecule has 1 heterocycles. The molecule has 0 unspecified atom stereocenters. The van der Waals surface area contributed by atoms with Gasteiger partial charge in [-0.25, -0.2) is 0 Å². The predicted octanol–water partition coefficient (Wildman–Crippen LogP) is -1.74. The van der Waals surface area contributed by atoms with Crippen molar-refractivity contribution in [2.75, 3.05) is 23.3 Å². The molecule has 0 radical (unpaired) electrons. The fourth-order valence-electron chi connectivity index (χ4n) is 0.982. The fourth-order valence-corrected chi connectivity index (χ4v) is 0.982. The van der Waals surface area contributed by atoms with Gasteiger partial charge in [-0.3, -0.25) is 5.73 Å². The third-order valence-corrected chi connectivity index (χ3v) is 1.67. The standard InChI is InChI=1S/C6H11N5O3/c1-2-9-4-3(7)5(8)10(13)11(14)6(4)12/h9,12H,2,7-8H2,1H3. The van der Waals surface area contributed by atoms with Crippen molar-refractivity contribution in [3.63, 3.8) is 0 Å². The third-order valence-electron chi connectivity index (χ3n) is 1.67. The molecule has 0 spiro atoms. The van der Waals surface area contributed by atoms with Crippen molar-refractivity contribution in [2.24, 2.45) is 0 Å². The van der Waals surface area contributed by atoms with E-state index < -0.39 is 11.7 Å². The zero-order valence-corrected chi connectivity index (χ0v) is 7.52. The summed E-state index contributed by atoms with van der Waals surface area (Å²) < 4.78 is 0. The van der Waals surface area contributed by atoms with Crippen molar-refractivity contribution in [2.45, 2.75) is 6.92 Å². The van der Waals surface area contributed by atoms with Gasteiger partial charge in [0.1, 0.15) is 0 Å². The van der Waals surface area contributed by atoms with Crippen LogP contribution in [0.5, 0.6) is 5.88 Å². The Balaban J connectivity index is 3.43. The highest BCUT2D eigenvalue weighted by molar-refractivity contribution is 5.76. The lowest BCUT2D eigenvalue weighted by Gasteiger charge is -2.11. The average molecular weight is 201 g/mol. The van der Waals surface area contributed by atoms with Crippen molar-refractivity contribution in [1.82, 2.24) is 0 Å². The molecule has 0 aromatic carbocycles. The largest absolute Gasteiger partial charge is 0.657 e. The summed E-state index contributed by atoms with van der Waals surface area (Å²) in [6.07, 6.45) is 0. The van der Waals surface area contributed by atoms with E-state index in [2.05, 4.69) is 5.32 Å². The number of aromatic nitrogens is 2. The lowest BCUT2D eigenvalue weighted by Crippen LogP contribution is -2.62. The molecule has 0 saturated heterocycles. The van der Waals surface area contributed by atoms with Crippen LogP contribution in [0.15, 0.2) is 0 Å². The van der Waals surface area contributed by atoms with E-state index in [1.165, 1.54) is 0 Å². The second kappa shape index (κ2) is 3.32. The number of nitrogens with one attached hydrogen (secondary N) is 1. The lowest BCUT2D eigenvalue weighted by molar-refractivity contribution is -1.18. The normalized spacial score (nSPS) is 10.1. The molecule has 6 N–H and O–H groups in total. The molecule has 0 bridgehead atoms. The van der Waals surface area contributed by atoms with Crippen molar-refractivity contribution in [3.05, 3.63) is 10.4 Å². The van der Waals surface area contributed by atoms with Crippen LogP contribution in [0, 0.1) is 10.4 Å². The van der Waals surface area contributed by atoms with E-state index in [4.69, 9.17) is 11.5 Å². The van der Waals surface area contributed by atoms with Crippen LogP contribution in [-0.2, 0) is 0 Å². The number of rotatable bonds is 2. The van der Waals surface area contributed by atoms with Crippen LogP contribution in [0.4, 0.5) is 17.2 Å². The molecule has 0 fully saturated rings. The molecule has 0 aliphatic rings. The molecule has 0 aliphatic heterocycles. The number of nitrogen functional groups attached to an aromatic ring is 2. The Morgan fingerprint density at radius 1 is 1.36 bits per heavy atom. The first-order chi connectivity index (χ1) is 6.50. The van der Waals surface area contributed by atoms with Crippen LogP contribution in [0.25, 0.3) is 0 Å². The van der Waals surface area contributed by atoms with Crippen LogP contribution in [0.1, 0.15) is 6.92 Å². The molecule has 8 heteroatoms. The number of anilines is 3. The minimum atomic E-state index is -0.798. The van der Waals surface area contributed by atoms with Crippen LogP contribution >= 0.6 is 0 Å². The Hall–Kier alpha value is -2.12. The first-order valence-corrected chi connectivity index (χ1v) is 3.87. The monoisotopic (exact) mass is 201 g/mol. The number of aromatic hydroxyl groups is 1. The first kappa shape index (κ1) is 9.96. The molecule has 0 atom stereocenters. The minimum Gasteiger partial charge on any atom is -0.657 e. The van der Waals surface area contributed by atoms with Crippen molar-refractivity contribution in [1.29, 1.82) is 0 Å². The van der Waals surface area contributed by atoms with E-state index in [1.54, 1.807) is 6.92 Å². The van der Waals surface area contributed by atoms with Crippen molar-refractivity contribution < 1.29 is 14.8 Å². The number of nitrogens with zero attached hydrogens (tertiary/aromatic N) is 2. The maximum Gasteiger partial charge on any atom is 0.446 e. The average Bonchev–Trinajstić information content (AvgIpc) is 2.19. The van der Waals surface area contributed by atoms with E-state index in [-0.39, 0.29) is 21.1 Å². The van der Waals surface area contributed by atoms with Gasteiger partial charge in [0.15, 0.2) is 11.4 Å². The van der Waals surface area contributed by atoms with Gasteiger partial charge >= 0.3 is 11.7 Å². The molecule has 1 aromatic heterocycles. The SMILES string of the molecule is CCNc1c(N)c(N)[n+]([O-])[n+]([O-])c1O. The Kier molecular flexibility index (Phi) is 2.36. The minimum absolute atomic E-state index is 0.0351. The van der Waals surface area contributed by atoms with Crippen LogP contribution in [0.2, 0.25) is 0 Å². The van der Waals surface area contributed by atoms with Crippen LogP contribution in [0.3, 0.4) is 0 Å². The predicted molar refractivity (Wildman–Crippen MR) is 49.0 cm³/mol. The third kappa shape index (κ3) is 1.26. The van der Waals surface area contributed by atoms with Crippen LogP contribution in [-0.4, -0.2) is 11.7 Å². The van der Waals surface area contributed by atoms with Crippen molar-refractivity contribution >= 4 is 17.2 Å². The number of hydrogen-bond donors (Lipinski definition) is 4. The Morgan fingerprint density at radius 2 is 1.93 bits per heavy atom. The van der Waals surface area contributed by atoms with Gasteiger partial charge < -0.3 is 26.6 Å². The summed E-state index contributed by atoms with van der Waals surface area (Å²) in [7, 11) is 0. The second-order valence-electron chi connectivity index (χ2n) is 2.57. The van der Waals surface area contributed by atoms with E-state index in [1.807, 2.05) is 0 Å². The molecule has 78 valence electrons. The Bertz CT molecular complexity index is 338. The molecule has 0 aliphatic carbocycles. The van der Waals surface area contributed by atoms with E-state index in [0.29, 0.717) is 6.54 Å². The summed E-state index contributed by atoms with van der Waals surface area (Å²) in [4.78, 5) is -0.519. The van der Waals surface area contributed by atoms with E-state index in [9.17, 15) is 15.5 Å². The molecule has 0 amide bonds. The Morgan fingerprint density at radius 3 is 2.43 bits per heavy atom. The molecule has 8 nitrogen and oxygen atoms in total. The topological polar surface area (TPSA) is 138 Å². The zero-order chi connectivity index (χ0) is 10.9. The van der Waals surface area contributed by atoms with Gasteiger partial charge in [0, 0.05) is 16.2 Å². The summed E-state index contributed by atoms with van der Waals surface area (Å²) in [5.41, 5.74) is 10.5. The summed E-state index contributed by atoms with van der Waals surface area (Å²) in [6.45, 7) is 2.17. The number of hydrogen-bond acceptors (Lipinski definition) is 6. The fraction of sp³-hybridized carbons (Fsp3) is 0.333. The highest BCUT2D eigenvalue weighted by Gasteiger charge is 2.25. The molecular weight excluding hydrogens is 190 g/mol. The quantitative estimate of drug-likeness (QED) is 0.331. The second-order valence-corrected chi connectivity index (χ2v) is 2.57. The van der Waals surface area contributed by atoms with Gasteiger partial charge in [0.2, 0.25) is 0 Å². The van der Waals surface area contributed by atoms with E-state index >= 15 is 0 Å².